The maximum absolute atomic E-state index is 10.2. The Morgan fingerprint density at radius 3 is 1.82 bits per heavy atom. The molecule has 0 saturated heterocycles. The van der Waals surface area contributed by atoms with Crippen molar-refractivity contribution in [3.8, 4) is 5.75 Å². The maximum atomic E-state index is 10.2. The predicted molar refractivity (Wildman–Crippen MR) is 159 cm³/mol. The Morgan fingerprint density at radius 1 is 0.692 bits per heavy atom. The first-order valence-electron chi connectivity index (χ1n) is 13.6. The maximum Gasteiger partial charge on any atom is 0.335 e. The highest BCUT2D eigenvalue weighted by molar-refractivity contribution is 6.05. The normalized spacial score (nSPS) is 10.7. The van der Waals surface area contributed by atoms with Gasteiger partial charge in [0.25, 0.3) is 0 Å². The highest BCUT2D eigenvalue weighted by Crippen LogP contribution is 2.34. The SMILES string of the molecule is CCCCCCc1c2ccccc2c(COc2cccc(CO)c2)c2ccccc12.O=C(O)c1ccccc1. The van der Waals surface area contributed by atoms with E-state index < -0.39 is 5.97 Å². The number of carbonyl (C=O) groups is 1. The summed E-state index contributed by atoms with van der Waals surface area (Å²) in [6.45, 7) is 2.79. The van der Waals surface area contributed by atoms with Crippen LogP contribution in [0, 0.1) is 0 Å². The van der Waals surface area contributed by atoms with E-state index in [0.717, 1.165) is 17.7 Å². The molecule has 0 bridgehead atoms. The first-order valence-corrected chi connectivity index (χ1v) is 13.6. The van der Waals surface area contributed by atoms with Gasteiger partial charge < -0.3 is 14.9 Å². The van der Waals surface area contributed by atoms with Crippen molar-refractivity contribution >= 4 is 27.5 Å². The molecule has 0 fully saturated rings. The van der Waals surface area contributed by atoms with Crippen LogP contribution in [0.25, 0.3) is 21.5 Å². The van der Waals surface area contributed by atoms with Crippen LogP contribution in [-0.2, 0) is 19.6 Å². The number of aliphatic hydroxyl groups excluding tert-OH is 1. The number of fused-ring (bicyclic) bond motifs is 2. The van der Waals surface area contributed by atoms with Gasteiger partial charge >= 0.3 is 5.97 Å². The molecular weight excluding hydrogens is 484 g/mol. The molecule has 0 spiro atoms. The summed E-state index contributed by atoms with van der Waals surface area (Å²) in [4.78, 5) is 10.2. The molecular formula is C35H36O4. The number of aliphatic hydroxyl groups is 1. The first kappa shape index (κ1) is 27.9. The molecule has 39 heavy (non-hydrogen) atoms. The monoisotopic (exact) mass is 520 g/mol. The lowest BCUT2D eigenvalue weighted by atomic mass is 9.89. The standard InChI is InChI=1S/C28H30O2.C7H6O2/c1-2-3-4-5-13-23-24-14-6-8-16-26(24)28(27-17-9-7-15-25(23)27)20-30-22-12-10-11-21(18-22)19-29;8-7(9)6-4-2-1-3-5-6/h6-12,14-18,29H,2-5,13,19-20H2,1H3;1-5H,(H,8,9). The molecule has 0 atom stereocenters. The van der Waals surface area contributed by atoms with Crippen LogP contribution < -0.4 is 4.74 Å². The minimum atomic E-state index is -0.879. The number of unbranched alkanes of at least 4 members (excludes halogenated alkanes) is 3. The minimum Gasteiger partial charge on any atom is -0.489 e. The number of benzene rings is 5. The predicted octanol–water partition coefficient (Wildman–Crippen LogP) is 8.57. The Hall–Kier alpha value is -4.15. The Morgan fingerprint density at radius 2 is 1.28 bits per heavy atom. The zero-order chi connectivity index (χ0) is 27.5. The van der Waals surface area contributed by atoms with Crippen LogP contribution in [-0.4, -0.2) is 16.2 Å². The van der Waals surface area contributed by atoms with Gasteiger partial charge in [-0.1, -0.05) is 105 Å². The van der Waals surface area contributed by atoms with Gasteiger partial charge in [0.1, 0.15) is 12.4 Å². The van der Waals surface area contributed by atoms with E-state index in [-0.39, 0.29) is 6.61 Å². The van der Waals surface area contributed by atoms with E-state index in [1.54, 1.807) is 30.3 Å². The fourth-order valence-electron chi connectivity index (χ4n) is 4.93. The topological polar surface area (TPSA) is 66.8 Å². The average Bonchev–Trinajstić information content (AvgIpc) is 2.99. The van der Waals surface area contributed by atoms with E-state index in [1.165, 1.54) is 58.4 Å². The van der Waals surface area contributed by atoms with Crippen LogP contribution in [0.1, 0.15) is 59.7 Å². The largest absolute Gasteiger partial charge is 0.489 e. The van der Waals surface area contributed by atoms with E-state index in [4.69, 9.17) is 9.84 Å². The van der Waals surface area contributed by atoms with Gasteiger partial charge in [-0.3, -0.25) is 0 Å². The fourth-order valence-corrected chi connectivity index (χ4v) is 4.93. The third-order valence-electron chi connectivity index (χ3n) is 6.92. The summed E-state index contributed by atoms with van der Waals surface area (Å²) in [6.07, 6.45) is 6.18. The highest BCUT2D eigenvalue weighted by atomic mass is 16.5. The van der Waals surface area contributed by atoms with Crippen LogP contribution in [0.3, 0.4) is 0 Å². The second-order valence-electron chi connectivity index (χ2n) is 9.62. The van der Waals surface area contributed by atoms with Gasteiger partial charge in [-0.05, 0) is 69.8 Å². The van der Waals surface area contributed by atoms with Crippen LogP contribution in [0.15, 0.2) is 103 Å². The molecule has 200 valence electrons. The summed E-state index contributed by atoms with van der Waals surface area (Å²) in [6, 6.07) is 33.5. The number of ether oxygens (including phenoxy) is 1. The molecule has 4 heteroatoms. The zero-order valence-electron chi connectivity index (χ0n) is 22.5. The minimum absolute atomic E-state index is 0.0236. The third-order valence-corrected chi connectivity index (χ3v) is 6.92. The zero-order valence-corrected chi connectivity index (χ0v) is 22.5. The molecule has 0 radical (unpaired) electrons. The summed E-state index contributed by atoms with van der Waals surface area (Å²) in [7, 11) is 0. The van der Waals surface area contributed by atoms with Gasteiger partial charge in [-0.2, -0.15) is 0 Å². The smallest absolute Gasteiger partial charge is 0.335 e. The van der Waals surface area contributed by atoms with Gasteiger partial charge in [0.2, 0.25) is 0 Å². The first-order chi connectivity index (χ1) is 19.1. The van der Waals surface area contributed by atoms with Gasteiger partial charge in [0.15, 0.2) is 0 Å². The molecule has 0 heterocycles. The molecule has 5 aromatic rings. The summed E-state index contributed by atoms with van der Waals surface area (Å²) in [5.74, 6) is -0.0889. The summed E-state index contributed by atoms with van der Waals surface area (Å²) < 4.78 is 6.19. The van der Waals surface area contributed by atoms with Crippen molar-refractivity contribution < 1.29 is 19.7 Å². The molecule has 5 aromatic carbocycles. The van der Waals surface area contributed by atoms with Crippen molar-refractivity contribution in [2.24, 2.45) is 0 Å². The fraction of sp³-hybridized carbons (Fsp3) is 0.229. The van der Waals surface area contributed by atoms with Crippen molar-refractivity contribution in [1.82, 2.24) is 0 Å². The van der Waals surface area contributed by atoms with Crippen LogP contribution in [0.4, 0.5) is 0 Å². The Labute approximate surface area is 230 Å². The van der Waals surface area contributed by atoms with Gasteiger partial charge in [0, 0.05) is 5.56 Å². The number of aromatic carboxylic acids is 1. The molecule has 2 N–H and O–H groups in total. The van der Waals surface area contributed by atoms with Crippen molar-refractivity contribution in [2.75, 3.05) is 0 Å². The van der Waals surface area contributed by atoms with Gasteiger partial charge in [0.05, 0.1) is 12.2 Å². The Balaban J connectivity index is 0.000000333. The number of rotatable bonds is 10. The summed E-state index contributed by atoms with van der Waals surface area (Å²) >= 11 is 0. The number of hydrogen-bond acceptors (Lipinski definition) is 3. The van der Waals surface area contributed by atoms with Crippen LogP contribution >= 0.6 is 0 Å². The molecule has 0 aromatic heterocycles. The van der Waals surface area contributed by atoms with E-state index >= 15 is 0 Å². The molecule has 0 saturated carbocycles. The van der Waals surface area contributed by atoms with Gasteiger partial charge in [-0.15, -0.1) is 0 Å². The summed E-state index contributed by atoms with van der Waals surface area (Å²) in [5.41, 5.74) is 3.89. The van der Waals surface area contributed by atoms with Gasteiger partial charge in [-0.25, -0.2) is 4.79 Å². The van der Waals surface area contributed by atoms with Crippen LogP contribution in [0.2, 0.25) is 0 Å². The van der Waals surface area contributed by atoms with Crippen molar-refractivity contribution in [2.45, 2.75) is 52.2 Å². The third kappa shape index (κ3) is 7.24. The lowest BCUT2D eigenvalue weighted by Gasteiger charge is -2.17. The van der Waals surface area contributed by atoms with E-state index in [2.05, 4.69) is 55.5 Å². The lowest BCUT2D eigenvalue weighted by Crippen LogP contribution is -2.01. The number of carboxylic acids is 1. The average molecular weight is 521 g/mol. The quantitative estimate of drug-likeness (QED) is 0.143. The second kappa shape index (κ2) is 14.1. The van der Waals surface area contributed by atoms with Crippen molar-refractivity contribution in [1.29, 1.82) is 0 Å². The van der Waals surface area contributed by atoms with Crippen molar-refractivity contribution in [3.63, 3.8) is 0 Å². The number of hydrogen-bond donors (Lipinski definition) is 2. The van der Waals surface area contributed by atoms with E-state index in [9.17, 15) is 9.90 Å². The molecule has 0 aliphatic heterocycles. The second-order valence-corrected chi connectivity index (χ2v) is 9.62. The number of aryl methyl sites for hydroxylation is 1. The van der Waals surface area contributed by atoms with E-state index in [1.807, 2.05) is 24.3 Å². The molecule has 5 rings (SSSR count). The molecule has 0 aliphatic rings. The molecule has 4 nitrogen and oxygen atoms in total. The lowest BCUT2D eigenvalue weighted by molar-refractivity contribution is 0.0697. The molecule has 0 aliphatic carbocycles. The van der Waals surface area contributed by atoms with Crippen molar-refractivity contribution in [3.05, 3.63) is 125 Å². The van der Waals surface area contributed by atoms with E-state index in [0.29, 0.717) is 12.2 Å². The molecule has 0 unspecified atom stereocenters. The highest BCUT2D eigenvalue weighted by Gasteiger charge is 2.14. The summed E-state index contributed by atoms with van der Waals surface area (Å²) in [5, 5.41) is 23.0. The number of carboxylic acid groups (broad SMARTS) is 1. The Kier molecular flexibility index (Phi) is 10.1. The van der Waals surface area contributed by atoms with Crippen LogP contribution in [0.5, 0.6) is 5.75 Å². The Bertz CT molecular complexity index is 1450. The molecule has 0 amide bonds.